The Balaban J connectivity index is 2.04. The highest BCUT2D eigenvalue weighted by Crippen LogP contribution is 2.20. The molecule has 2 aromatic rings. The van der Waals surface area contributed by atoms with Crippen molar-refractivity contribution in [3.05, 3.63) is 57.4 Å². The summed E-state index contributed by atoms with van der Waals surface area (Å²) in [4.78, 5) is 0. The Labute approximate surface area is 113 Å². The fourth-order valence-corrected chi connectivity index (χ4v) is 2.11. The van der Waals surface area contributed by atoms with Crippen molar-refractivity contribution in [3.63, 3.8) is 0 Å². The molecule has 0 saturated carbocycles. The van der Waals surface area contributed by atoms with Gasteiger partial charge in [-0.2, -0.15) is 0 Å². The highest BCUT2D eigenvalue weighted by atomic mass is 127. The molecule has 0 aliphatic rings. The zero-order valence-corrected chi connectivity index (χ0v) is 11.1. The van der Waals surface area contributed by atoms with Gasteiger partial charge in [0.15, 0.2) is 0 Å². The molecule has 2 rings (SSSR count). The summed E-state index contributed by atoms with van der Waals surface area (Å²) in [6.07, 6.45) is 0. The lowest BCUT2D eigenvalue weighted by Crippen LogP contribution is -2.00. The van der Waals surface area contributed by atoms with E-state index < -0.39 is 0 Å². The number of hydrogen-bond acceptors (Lipinski definition) is 2. The van der Waals surface area contributed by atoms with Crippen molar-refractivity contribution in [1.82, 2.24) is 0 Å². The number of anilines is 1. The summed E-state index contributed by atoms with van der Waals surface area (Å²) in [6, 6.07) is 11.6. The number of phenolic OH excluding ortho intramolecular Hbond substituents is 1. The predicted molar refractivity (Wildman–Crippen MR) is 74.6 cm³/mol. The Morgan fingerprint density at radius 3 is 2.47 bits per heavy atom. The third-order valence-corrected chi connectivity index (χ3v) is 3.24. The van der Waals surface area contributed by atoms with Gasteiger partial charge < -0.3 is 10.4 Å². The Morgan fingerprint density at radius 1 is 1.12 bits per heavy atom. The molecular weight excluding hydrogens is 332 g/mol. The minimum Gasteiger partial charge on any atom is -0.508 e. The predicted octanol–water partition coefficient (Wildman–Crippen LogP) is 3.75. The van der Waals surface area contributed by atoms with Crippen molar-refractivity contribution in [3.8, 4) is 5.75 Å². The first-order valence-corrected chi connectivity index (χ1v) is 6.20. The van der Waals surface area contributed by atoms with Crippen molar-refractivity contribution in [1.29, 1.82) is 0 Å². The maximum atomic E-state index is 12.9. The van der Waals surface area contributed by atoms with E-state index in [1.807, 2.05) is 12.1 Å². The molecule has 0 aromatic heterocycles. The molecule has 0 radical (unpaired) electrons. The van der Waals surface area contributed by atoms with Crippen LogP contribution in [0.2, 0.25) is 0 Å². The molecule has 0 heterocycles. The van der Waals surface area contributed by atoms with E-state index in [-0.39, 0.29) is 11.6 Å². The molecule has 0 amide bonds. The molecule has 0 unspecified atom stereocenters. The molecule has 0 fully saturated rings. The minimum absolute atomic E-state index is 0.232. The maximum Gasteiger partial charge on any atom is 0.124 e. The van der Waals surface area contributed by atoms with Crippen LogP contribution in [0, 0.1) is 9.39 Å². The summed E-state index contributed by atoms with van der Waals surface area (Å²) in [7, 11) is 0. The Kier molecular flexibility index (Phi) is 3.83. The summed E-state index contributed by atoms with van der Waals surface area (Å²) in [5, 5.41) is 12.4. The molecule has 0 spiro atoms. The van der Waals surface area contributed by atoms with Gasteiger partial charge in [0.05, 0.1) is 0 Å². The van der Waals surface area contributed by atoms with E-state index in [0.29, 0.717) is 6.54 Å². The van der Waals surface area contributed by atoms with Crippen molar-refractivity contribution in [2.24, 2.45) is 0 Å². The topological polar surface area (TPSA) is 32.3 Å². The average Bonchev–Trinajstić information content (AvgIpc) is 2.30. The molecule has 0 bridgehead atoms. The average molecular weight is 343 g/mol. The molecule has 2 nitrogen and oxygen atoms in total. The van der Waals surface area contributed by atoms with Gasteiger partial charge in [0, 0.05) is 15.8 Å². The van der Waals surface area contributed by atoms with Crippen LogP contribution in [0.25, 0.3) is 0 Å². The van der Waals surface area contributed by atoms with Gasteiger partial charge >= 0.3 is 0 Å². The highest BCUT2D eigenvalue weighted by molar-refractivity contribution is 14.1. The van der Waals surface area contributed by atoms with Crippen molar-refractivity contribution in [2.45, 2.75) is 6.54 Å². The van der Waals surface area contributed by atoms with Gasteiger partial charge in [-0.1, -0.05) is 12.1 Å². The minimum atomic E-state index is -0.232. The summed E-state index contributed by atoms with van der Waals surface area (Å²) in [5.74, 6) is 0.0229. The molecular formula is C13H11FINO. The number of benzene rings is 2. The lowest BCUT2D eigenvalue weighted by Gasteiger charge is -2.08. The van der Waals surface area contributed by atoms with Crippen molar-refractivity contribution >= 4 is 28.3 Å². The van der Waals surface area contributed by atoms with Gasteiger partial charge in [-0.05, 0) is 58.5 Å². The summed E-state index contributed by atoms with van der Waals surface area (Å²) >= 11 is 2.09. The van der Waals surface area contributed by atoms with Crippen LogP contribution in [-0.4, -0.2) is 5.11 Å². The molecule has 0 aliphatic heterocycles. The van der Waals surface area contributed by atoms with E-state index in [0.717, 1.165) is 14.8 Å². The lowest BCUT2D eigenvalue weighted by molar-refractivity contribution is 0.475. The van der Waals surface area contributed by atoms with Gasteiger partial charge in [0.1, 0.15) is 11.6 Å². The zero-order valence-electron chi connectivity index (χ0n) is 8.95. The molecule has 2 N–H and O–H groups in total. The summed E-state index contributed by atoms with van der Waals surface area (Å²) in [5.41, 5.74) is 1.96. The van der Waals surface area contributed by atoms with Crippen molar-refractivity contribution in [2.75, 3.05) is 5.32 Å². The molecule has 2 aromatic carbocycles. The third-order valence-electron chi connectivity index (χ3n) is 2.35. The highest BCUT2D eigenvalue weighted by Gasteiger charge is 2.01. The Bertz CT molecular complexity index is 513. The molecule has 88 valence electrons. The van der Waals surface area contributed by atoms with Crippen LogP contribution in [0.4, 0.5) is 10.1 Å². The Hall–Kier alpha value is -1.30. The van der Waals surface area contributed by atoms with E-state index in [2.05, 4.69) is 27.9 Å². The second-order valence-electron chi connectivity index (χ2n) is 3.64. The van der Waals surface area contributed by atoms with E-state index in [4.69, 9.17) is 5.11 Å². The first-order valence-electron chi connectivity index (χ1n) is 5.12. The molecule has 0 aliphatic carbocycles. The van der Waals surface area contributed by atoms with E-state index in [9.17, 15) is 4.39 Å². The van der Waals surface area contributed by atoms with Crippen LogP contribution in [0.5, 0.6) is 5.75 Å². The number of hydrogen-bond donors (Lipinski definition) is 2. The molecule has 0 saturated heterocycles. The number of aromatic hydroxyl groups is 1. The first-order chi connectivity index (χ1) is 8.15. The quantitative estimate of drug-likeness (QED) is 0.832. The van der Waals surface area contributed by atoms with Gasteiger partial charge in [-0.3, -0.25) is 0 Å². The van der Waals surface area contributed by atoms with Gasteiger partial charge in [0.25, 0.3) is 0 Å². The van der Waals surface area contributed by atoms with Crippen LogP contribution in [0.3, 0.4) is 0 Å². The smallest absolute Gasteiger partial charge is 0.124 e. The summed E-state index contributed by atoms with van der Waals surface area (Å²) < 4.78 is 13.7. The normalized spacial score (nSPS) is 10.2. The molecule has 0 atom stereocenters. The van der Waals surface area contributed by atoms with E-state index in [1.165, 1.54) is 12.1 Å². The van der Waals surface area contributed by atoms with E-state index in [1.54, 1.807) is 18.2 Å². The van der Waals surface area contributed by atoms with Crippen LogP contribution in [0.1, 0.15) is 5.56 Å². The largest absolute Gasteiger partial charge is 0.508 e. The van der Waals surface area contributed by atoms with Gasteiger partial charge in [0.2, 0.25) is 0 Å². The number of nitrogens with one attached hydrogen (secondary N) is 1. The monoisotopic (exact) mass is 343 g/mol. The maximum absolute atomic E-state index is 12.9. The van der Waals surface area contributed by atoms with Crippen LogP contribution in [0.15, 0.2) is 42.5 Å². The fraction of sp³-hybridized carbons (Fsp3) is 0.0769. The third kappa shape index (κ3) is 3.33. The number of rotatable bonds is 3. The zero-order chi connectivity index (χ0) is 12.3. The number of phenols is 1. The van der Waals surface area contributed by atoms with Gasteiger partial charge in [-0.25, -0.2) is 4.39 Å². The van der Waals surface area contributed by atoms with Gasteiger partial charge in [-0.15, -0.1) is 0 Å². The second-order valence-corrected chi connectivity index (χ2v) is 4.81. The van der Waals surface area contributed by atoms with Crippen LogP contribution < -0.4 is 5.32 Å². The van der Waals surface area contributed by atoms with Crippen LogP contribution >= 0.6 is 22.6 Å². The SMILES string of the molecule is Oc1ccc(CNc2ccc(F)cc2I)cc1. The van der Waals surface area contributed by atoms with Crippen molar-refractivity contribution < 1.29 is 9.50 Å². The molecule has 4 heteroatoms. The number of halogens is 2. The fourth-order valence-electron chi connectivity index (χ4n) is 1.44. The first kappa shape index (κ1) is 12.2. The lowest BCUT2D eigenvalue weighted by atomic mass is 10.2. The van der Waals surface area contributed by atoms with Crippen LogP contribution in [-0.2, 0) is 6.54 Å². The summed E-state index contributed by atoms with van der Waals surface area (Å²) in [6.45, 7) is 0.641. The second kappa shape index (κ2) is 5.35. The van der Waals surface area contributed by atoms with E-state index >= 15 is 0 Å². The molecule has 17 heavy (non-hydrogen) atoms. The standard InChI is InChI=1S/C13H11FINO/c14-10-3-6-13(12(15)7-10)16-8-9-1-4-11(17)5-2-9/h1-7,16-17H,8H2. The Morgan fingerprint density at radius 2 is 1.82 bits per heavy atom.